The molecule has 6 nitrogen and oxygen atoms in total. The number of carbonyl (C=O) groups is 2. The van der Waals surface area contributed by atoms with Gasteiger partial charge >= 0.3 is 0 Å². The van der Waals surface area contributed by atoms with Crippen LogP contribution in [0.25, 0.3) is 0 Å². The van der Waals surface area contributed by atoms with E-state index < -0.39 is 15.9 Å². The van der Waals surface area contributed by atoms with E-state index in [-0.39, 0.29) is 23.8 Å². The smallest absolute Gasteiger partial charge is 0.244 e. The van der Waals surface area contributed by atoms with Gasteiger partial charge in [-0.25, -0.2) is 8.42 Å². The third kappa shape index (κ3) is 5.98. The van der Waals surface area contributed by atoms with Gasteiger partial charge in [0, 0.05) is 17.8 Å². The molecule has 0 saturated heterocycles. The highest BCUT2D eigenvalue weighted by molar-refractivity contribution is 7.89. The number of carbonyl (C=O) groups excluding carboxylic acids is 2. The van der Waals surface area contributed by atoms with Crippen molar-refractivity contribution < 1.29 is 18.0 Å². The quantitative estimate of drug-likeness (QED) is 0.464. The molecule has 3 aromatic rings. The fourth-order valence-corrected chi connectivity index (χ4v) is 5.80. The first-order valence-corrected chi connectivity index (χ1v) is 12.5. The summed E-state index contributed by atoms with van der Waals surface area (Å²) in [4.78, 5) is 24.8. The minimum absolute atomic E-state index is 0.0519. The maximum Gasteiger partial charge on any atom is 0.244 e. The third-order valence-electron chi connectivity index (χ3n) is 5.55. The van der Waals surface area contributed by atoms with Crippen molar-refractivity contribution in [3.8, 4) is 0 Å². The van der Waals surface area contributed by atoms with Crippen LogP contribution in [0.15, 0.2) is 65.6 Å². The number of rotatable bonds is 8. The van der Waals surface area contributed by atoms with Crippen molar-refractivity contribution in [1.82, 2.24) is 4.31 Å². The highest BCUT2D eigenvalue weighted by Crippen LogP contribution is 2.26. The topological polar surface area (TPSA) is 83.6 Å². The van der Waals surface area contributed by atoms with Crippen molar-refractivity contribution >= 4 is 27.4 Å². The highest BCUT2D eigenvalue weighted by atomic mass is 32.2. The Labute approximate surface area is 201 Å². The Bertz CT molecular complexity index is 1310. The van der Waals surface area contributed by atoms with Gasteiger partial charge in [0.2, 0.25) is 15.9 Å². The van der Waals surface area contributed by atoms with Gasteiger partial charge in [0.1, 0.15) is 0 Å². The number of benzene rings is 3. The van der Waals surface area contributed by atoms with Crippen molar-refractivity contribution in [3.63, 3.8) is 0 Å². The second kappa shape index (κ2) is 10.3. The SMILES string of the molecule is CC(=O)c1cccc(NC(=O)CN(Cc2ccc(C)cc2)S(=O)(=O)c2c(C)cc(C)cc2C)c1. The number of anilines is 1. The lowest BCUT2D eigenvalue weighted by molar-refractivity contribution is -0.116. The van der Waals surface area contributed by atoms with Crippen LogP contribution in [-0.4, -0.2) is 31.0 Å². The van der Waals surface area contributed by atoms with Gasteiger partial charge in [-0.15, -0.1) is 0 Å². The molecule has 0 fully saturated rings. The van der Waals surface area contributed by atoms with E-state index in [0.29, 0.717) is 22.4 Å². The molecule has 0 saturated carbocycles. The molecule has 0 aromatic heterocycles. The Kier molecular flexibility index (Phi) is 7.69. The molecule has 178 valence electrons. The monoisotopic (exact) mass is 478 g/mol. The molecule has 34 heavy (non-hydrogen) atoms. The lowest BCUT2D eigenvalue weighted by Gasteiger charge is -2.24. The van der Waals surface area contributed by atoms with Gasteiger partial charge in [-0.1, -0.05) is 59.7 Å². The van der Waals surface area contributed by atoms with E-state index in [9.17, 15) is 18.0 Å². The Morgan fingerprint density at radius 2 is 1.47 bits per heavy atom. The fourth-order valence-electron chi connectivity index (χ4n) is 4.00. The van der Waals surface area contributed by atoms with Gasteiger partial charge < -0.3 is 5.32 Å². The number of hydrogen-bond acceptors (Lipinski definition) is 4. The first kappa shape index (κ1) is 25.3. The molecule has 0 bridgehead atoms. The number of sulfonamides is 1. The molecule has 1 amide bonds. The number of amides is 1. The van der Waals surface area contributed by atoms with Gasteiger partial charge in [-0.05, 0) is 63.4 Å². The van der Waals surface area contributed by atoms with Gasteiger partial charge in [0.25, 0.3) is 0 Å². The summed E-state index contributed by atoms with van der Waals surface area (Å²) in [6, 6.07) is 17.8. The van der Waals surface area contributed by atoms with Crippen LogP contribution in [0, 0.1) is 27.7 Å². The second-order valence-electron chi connectivity index (χ2n) is 8.67. The van der Waals surface area contributed by atoms with E-state index in [0.717, 1.165) is 16.7 Å². The van der Waals surface area contributed by atoms with Crippen LogP contribution in [0.2, 0.25) is 0 Å². The number of nitrogens with one attached hydrogen (secondary N) is 1. The molecule has 1 N–H and O–H groups in total. The van der Waals surface area contributed by atoms with Gasteiger partial charge in [0.05, 0.1) is 11.4 Å². The maximum absolute atomic E-state index is 13.8. The Balaban J connectivity index is 1.95. The average Bonchev–Trinajstić information content (AvgIpc) is 2.74. The number of Topliss-reactive ketones (excluding diaryl/α,β-unsaturated/α-hetero) is 1. The Hall–Kier alpha value is -3.29. The van der Waals surface area contributed by atoms with Crippen LogP contribution in [0.1, 0.15) is 45.1 Å². The van der Waals surface area contributed by atoms with E-state index in [4.69, 9.17) is 0 Å². The fraction of sp³-hybridized carbons (Fsp3) is 0.259. The molecule has 3 rings (SSSR count). The molecule has 0 spiro atoms. The van der Waals surface area contributed by atoms with E-state index >= 15 is 0 Å². The largest absolute Gasteiger partial charge is 0.325 e. The zero-order chi connectivity index (χ0) is 25.0. The van der Waals surface area contributed by atoms with E-state index in [1.807, 2.05) is 50.2 Å². The summed E-state index contributed by atoms with van der Waals surface area (Å²) in [5.41, 5.74) is 5.00. The second-order valence-corrected chi connectivity index (χ2v) is 10.5. The van der Waals surface area contributed by atoms with Crippen LogP contribution in [0.3, 0.4) is 0 Å². The summed E-state index contributed by atoms with van der Waals surface area (Å²) in [6.07, 6.45) is 0. The van der Waals surface area contributed by atoms with Crippen LogP contribution in [0.4, 0.5) is 5.69 Å². The molecular weight excluding hydrogens is 448 g/mol. The van der Waals surface area contributed by atoms with Crippen molar-refractivity contribution in [3.05, 3.63) is 94.0 Å². The highest BCUT2D eigenvalue weighted by Gasteiger charge is 2.30. The molecule has 7 heteroatoms. The van der Waals surface area contributed by atoms with Gasteiger partial charge in [-0.2, -0.15) is 4.31 Å². The third-order valence-corrected chi connectivity index (χ3v) is 7.65. The molecular formula is C27H30N2O4S. The van der Waals surface area contributed by atoms with Crippen molar-refractivity contribution in [1.29, 1.82) is 0 Å². The molecule has 0 unspecified atom stereocenters. The van der Waals surface area contributed by atoms with E-state index in [1.165, 1.54) is 11.2 Å². The summed E-state index contributed by atoms with van der Waals surface area (Å²) in [5, 5.41) is 2.73. The lowest BCUT2D eigenvalue weighted by atomic mass is 10.1. The normalized spacial score (nSPS) is 11.5. The van der Waals surface area contributed by atoms with Gasteiger partial charge in [-0.3, -0.25) is 9.59 Å². The van der Waals surface area contributed by atoms with E-state index in [1.54, 1.807) is 38.1 Å². The summed E-state index contributed by atoms with van der Waals surface area (Å²) < 4.78 is 28.8. The number of hydrogen-bond donors (Lipinski definition) is 1. The minimum Gasteiger partial charge on any atom is -0.325 e. The van der Waals surface area contributed by atoms with E-state index in [2.05, 4.69) is 5.32 Å². The predicted octanol–water partition coefficient (Wildman–Crippen LogP) is 4.95. The van der Waals surface area contributed by atoms with Crippen molar-refractivity contribution in [2.45, 2.75) is 46.1 Å². The molecule has 0 aliphatic carbocycles. The summed E-state index contributed by atoms with van der Waals surface area (Å²) in [6.45, 7) is 8.55. The first-order chi connectivity index (χ1) is 16.0. The molecule has 0 heterocycles. The Morgan fingerprint density at radius 3 is 2.06 bits per heavy atom. The molecule has 0 radical (unpaired) electrons. The first-order valence-electron chi connectivity index (χ1n) is 11.0. The standard InChI is InChI=1S/C27H30N2O4S/c1-18-9-11-23(12-10-18)16-29(34(32,33)27-20(3)13-19(2)14-21(27)4)17-26(31)28-25-8-6-7-24(15-25)22(5)30/h6-15H,16-17H2,1-5H3,(H,28,31). The average molecular weight is 479 g/mol. The number of ketones is 1. The molecule has 0 atom stereocenters. The zero-order valence-electron chi connectivity index (χ0n) is 20.2. The van der Waals surface area contributed by atoms with Crippen LogP contribution in [-0.2, 0) is 21.4 Å². The van der Waals surface area contributed by atoms with Crippen molar-refractivity contribution in [2.24, 2.45) is 0 Å². The number of nitrogens with zero attached hydrogens (tertiary/aromatic N) is 1. The lowest BCUT2D eigenvalue weighted by Crippen LogP contribution is -2.38. The van der Waals surface area contributed by atoms with Gasteiger partial charge in [0.15, 0.2) is 5.78 Å². The summed E-state index contributed by atoms with van der Waals surface area (Å²) in [5.74, 6) is -0.608. The van der Waals surface area contributed by atoms with Crippen LogP contribution in [0.5, 0.6) is 0 Å². The van der Waals surface area contributed by atoms with Crippen LogP contribution < -0.4 is 5.32 Å². The molecule has 3 aromatic carbocycles. The Morgan fingerprint density at radius 1 is 0.853 bits per heavy atom. The molecule has 0 aliphatic heterocycles. The summed E-state index contributed by atoms with van der Waals surface area (Å²) in [7, 11) is -3.98. The summed E-state index contributed by atoms with van der Waals surface area (Å²) >= 11 is 0. The minimum atomic E-state index is -3.98. The molecule has 0 aliphatic rings. The number of aryl methyl sites for hydroxylation is 4. The predicted molar refractivity (Wildman–Crippen MR) is 135 cm³/mol. The van der Waals surface area contributed by atoms with Crippen LogP contribution >= 0.6 is 0 Å². The maximum atomic E-state index is 13.8. The zero-order valence-corrected chi connectivity index (χ0v) is 21.0. The van der Waals surface area contributed by atoms with Crippen molar-refractivity contribution in [2.75, 3.05) is 11.9 Å².